The first-order chi connectivity index (χ1) is 5.16. The van der Waals surface area contributed by atoms with Crippen LogP contribution in [0.1, 0.15) is 20.8 Å². The van der Waals surface area contributed by atoms with E-state index in [2.05, 4.69) is 19.2 Å². The summed E-state index contributed by atoms with van der Waals surface area (Å²) in [4.78, 5) is 13.3. The summed E-state index contributed by atoms with van der Waals surface area (Å²) in [7, 11) is 0. The van der Waals surface area contributed by atoms with Crippen LogP contribution in [-0.2, 0) is 4.79 Å². The molecule has 3 heteroatoms. The second-order valence-electron chi connectivity index (χ2n) is 3.28. The third-order valence-electron chi connectivity index (χ3n) is 2.13. The van der Waals surface area contributed by atoms with Gasteiger partial charge in [-0.1, -0.05) is 13.8 Å². The summed E-state index contributed by atoms with van der Waals surface area (Å²) < 4.78 is 0. The van der Waals surface area contributed by atoms with E-state index < -0.39 is 0 Å². The molecular weight excluding hydrogens is 140 g/mol. The van der Waals surface area contributed by atoms with Crippen molar-refractivity contribution in [2.24, 2.45) is 5.92 Å². The van der Waals surface area contributed by atoms with Crippen LogP contribution in [0.15, 0.2) is 0 Å². The molecule has 0 aliphatic carbocycles. The van der Waals surface area contributed by atoms with Crippen LogP contribution < -0.4 is 5.32 Å². The summed E-state index contributed by atoms with van der Waals surface area (Å²) >= 11 is 0. The number of nitrogens with zero attached hydrogens (tertiary/aromatic N) is 1. The van der Waals surface area contributed by atoms with Crippen LogP contribution in [0, 0.1) is 5.92 Å². The number of likely N-dealkylation sites (N-methyl/N-ethyl adjacent to an activating group) is 1. The lowest BCUT2D eigenvalue weighted by Gasteiger charge is -2.13. The van der Waals surface area contributed by atoms with Crippen molar-refractivity contribution in [3.63, 3.8) is 0 Å². The van der Waals surface area contributed by atoms with Gasteiger partial charge < -0.3 is 4.90 Å². The highest BCUT2D eigenvalue weighted by Crippen LogP contribution is 2.10. The molecule has 0 aromatic rings. The van der Waals surface area contributed by atoms with Crippen molar-refractivity contribution in [3.05, 3.63) is 0 Å². The van der Waals surface area contributed by atoms with E-state index >= 15 is 0 Å². The predicted molar refractivity (Wildman–Crippen MR) is 44.0 cm³/mol. The lowest BCUT2D eigenvalue weighted by Crippen LogP contribution is -2.34. The monoisotopic (exact) mass is 156 g/mol. The molecule has 1 aliphatic heterocycles. The van der Waals surface area contributed by atoms with Crippen molar-refractivity contribution in [2.75, 3.05) is 13.2 Å². The number of nitrogens with one attached hydrogen (secondary N) is 1. The molecule has 0 aromatic heterocycles. The molecule has 1 atom stereocenters. The topological polar surface area (TPSA) is 32.3 Å². The first-order valence-electron chi connectivity index (χ1n) is 4.19. The zero-order valence-corrected chi connectivity index (χ0v) is 7.42. The van der Waals surface area contributed by atoms with Gasteiger partial charge in [0.2, 0.25) is 5.91 Å². The molecule has 1 fully saturated rings. The molecule has 3 nitrogen and oxygen atoms in total. The van der Waals surface area contributed by atoms with E-state index in [1.807, 2.05) is 11.8 Å². The zero-order valence-electron chi connectivity index (χ0n) is 7.42. The predicted octanol–water partition coefficient (Wildman–Crippen LogP) is 0.420. The van der Waals surface area contributed by atoms with Gasteiger partial charge in [0.25, 0.3) is 0 Å². The van der Waals surface area contributed by atoms with Crippen molar-refractivity contribution in [2.45, 2.75) is 26.8 Å². The van der Waals surface area contributed by atoms with Gasteiger partial charge in [-0.15, -0.1) is 0 Å². The molecule has 1 rings (SSSR count). The van der Waals surface area contributed by atoms with Crippen LogP contribution in [0.3, 0.4) is 0 Å². The number of carbonyl (C=O) groups is 1. The van der Waals surface area contributed by atoms with Gasteiger partial charge in [-0.05, 0) is 12.8 Å². The minimum Gasteiger partial charge on any atom is -0.329 e. The fourth-order valence-corrected chi connectivity index (χ4v) is 1.36. The SMILES string of the molecule is CCN1CNC(C(C)C)C1=O. The Morgan fingerprint density at radius 1 is 1.73 bits per heavy atom. The van der Waals surface area contributed by atoms with Gasteiger partial charge in [0, 0.05) is 6.54 Å². The van der Waals surface area contributed by atoms with Gasteiger partial charge in [0.15, 0.2) is 0 Å². The van der Waals surface area contributed by atoms with Gasteiger partial charge >= 0.3 is 0 Å². The van der Waals surface area contributed by atoms with E-state index in [1.165, 1.54) is 0 Å². The Morgan fingerprint density at radius 3 is 2.64 bits per heavy atom. The summed E-state index contributed by atoms with van der Waals surface area (Å²) in [5.74, 6) is 0.654. The lowest BCUT2D eigenvalue weighted by atomic mass is 10.1. The first kappa shape index (κ1) is 8.53. The Balaban J connectivity index is 2.56. The van der Waals surface area contributed by atoms with E-state index in [1.54, 1.807) is 0 Å². The van der Waals surface area contributed by atoms with Crippen LogP contribution in [0.4, 0.5) is 0 Å². The Bertz CT molecular complexity index is 156. The fraction of sp³-hybridized carbons (Fsp3) is 0.875. The molecule has 0 radical (unpaired) electrons. The van der Waals surface area contributed by atoms with Crippen LogP contribution in [0.2, 0.25) is 0 Å². The van der Waals surface area contributed by atoms with Crippen molar-refractivity contribution in [1.29, 1.82) is 0 Å². The minimum atomic E-state index is 0.0509. The molecule has 1 unspecified atom stereocenters. The Hall–Kier alpha value is -0.570. The molecule has 1 N–H and O–H groups in total. The van der Waals surface area contributed by atoms with Gasteiger partial charge in [-0.25, -0.2) is 0 Å². The molecule has 0 spiro atoms. The third kappa shape index (κ3) is 1.53. The maximum Gasteiger partial charge on any atom is 0.241 e. The van der Waals surface area contributed by atoms with Gasteiger partial charge in [0.1, 0.15) is 0 Å². The lowest BCUT2D eigenvalue weighted by molar-refractivity contribution is -0.129. The Kier molecular flexibility index (Phi) is 2.49. The molecule has 0 bridgehead atoms. The number of rotatable bonds is 2. The quantitative estimate of drug-likeness (QED) is 0.628. The molecule has 1 saturated heterocycles. The molecular formula is C8H16N2O. The van der Waals surface area contributed by atoms with Crippen molar-refractivity contribution >= 4 is 5.91 Å². The van der Waals surface area contributed by atoms with E-state index in [0.717, 1.165) is 13.2 Å². The van der Waals surface area contributed by atoms with Gasteiger partial charge in [0.05, 0.1) is 12.7 Å². The van der Waals surface area contributed by atoms with Crippen LogP contribution in [0.25, 0.3) is 0 Å². The maximum atomic E-state index is 11.4. The van der Waals surface area contributed by atoms with Crippen LogP contribution in [0.5, 0.6) is 0 Å². The molecule has 0 saturated carbocycles. The van der Waals surface area contributed by atoms with E-state index in [9.17, 15) is 4.79 Å². The number of amides is 1. The molecule has 64 valence electrons. The summed E-state index contributed by atoms with van der Waals surface area (Å²) in [6.45, 7) is 7.67. The zero-order chi connectivity index (χ0) is 8.43. The Labute approximate surface area is 67.8 Å². The molecule has 1 heterocycles. The number of hydrogen-bond acceptors (Lipinski definition) is 2. The number of carbonyl (C=O) groups excluding carboxylic acids is 1. The third-order valence-corrected chi connectivity index (χ3v) is 2.13. The average Bonchev–Trinajstić information content (AvgIpc) is 2.30. The summed E-state index contributed by atoms with van der Waals surface area (Å²) in [5.41, 5.74) is 0. The highest BCUT2D eigenvalue weighted by atomic mass is 16.2. The second kappa shape index (κ2) is 3.22. The summed E-state index contributed by atoms with van der Waals surface area (Å²) in [6, 6.07) is 0.0509. The van der Waals surface area contributed by atoms with Gasteiger partial charge in [-0.3, -0.25) is 10.1 Å². The standard InChI is InChI=1S/C8H16N2O/c1-4-10-5-9-7(6(2)3)8(10)11/h6-7,9H,4-5H2,1-3H3. The van der Waals surface area contributed by atoms with Crippen molar-refractivity contribution < 1.29 is 4.79 Å². The summed E-state index contributed by atoms with van der Waals surface area (Å²) in [5, 5.41) is 3.18. The van der Waals surface area contributed by atoms with Crippen molar-refractivity contribution in [1.82, 2.24) is 10.2 Å². The van der Waals surface area contributed by atoms with Gasteiger partial charge in [-0.2, -0.15) is 0 Å². The maximum absolute atomic E-state index is 11.4. The van der Waals surface area contributed by atoms with E-state index in [-0.39, 0.29) is 11.9 Å². The second-order valence-corrected chi connectivity index (χ2v) is 3.28. The fourth-order valence-electron chi connectivity index (χ4n) is 1.36. The van der Waals surface area contributed by atoms with E-state index in [4.69, 9.17) is 0 Å². The minimum absolute atomic E-state index is 0.0509. The Morgan fingerprint density at radius 2 is 2.36 bits per heavy atom. The van der Waals surface area contributed by atoms with Crippen molar-refractivity contribution in [3.8, 4) is 0 Å². The van der Waals surface area contributed by atoms with E-state index in [0.29, 0.717) is 5.92 Å². The largest absolute Gasteiger partial charge is 0.329 e. The molecule has 0 aromatic carbocycles. The highest BCUT2D eigenvalue weighted by molar-refractivity contribution is 5.83. The first-order valence-corrected chi connectivity index (χ1v) is 4.19. The average molecular weight is 156 g/mol. The molecule has 1 amide bonds. The van der Waals surface area contributed by atoms with Crippen LogP contribution in [-0.4, -0.2) is 30.1 Å². The smallest absolute Gasteiger partial charge is 0.241 e. The normalized spacial score (nSPS) is 25.3. The molecule has 1 aliphatic rings. The van der Waals surface area contributed by atoms with Crippen LogP contribution >= 0.6 is 0 Å². The summed E-state index contributed by atoms with van der Waals surface area (Å²) in [6.07, 6.45) is 0. The number of hydrogen-bond donors (Lipinski definition) is 1. The molecule has 11 heavy (non-hydrogen) atoms. The highest BCUT2D eigenvalue weighted by Gasteiger charge is 2.31.